The Balaban J connectivity index is 2.56. The van der Waals surface area contributed by atoms with Gasteiger partial charge < -0.3 is 5.11 Å². The highest BCUT2D eigenvalue weighted by Crippen LogP contribution is 2.30. The standard InChI is InChI=1S/C11H14O2/c1-8-4-3-5-9(2)10(8)6-7-11(12)13/h3-4,10H,1-2,5-7H2,(H,12,13). The average Bonchev–Trinajstić information content (AvgIpc) is 2.03. The third-order valence-corrected chi connectivity index (χ3v) is 2.30. The maximum atomic E-state index is 10.4. The second-order valence-corrected chi connectivity index (χ2v) is 3.32. The van der Waals surface area contributed by atoms with Crippen molar-refractivity contribution in [3.8, 4) is 0 Å². The Morgan fingerprint density at radius 1 is 1.62 bits per heavy atom. The third-order valence-electron chi connectivity index (χ3n) is 2.30. The number of allylic oxidation sites excluding steroid dienone is 4. The van der Waals surface area contributed by atoms with E-state index in [4.69, 9.17) is 5.11 Å². The molecule has 0 bridgehead atoms. The molecule has 2 nitrogen and oxygen atoms in total. The van der Waals surface area contributed by atoms with Gasteiger partial charge in [0, 0.05) is 12.3 Å². The fourth-order valence-electron chi connectivity index (χ4n) is 1.54. The molecule has 13 heavy (non-hydrogen) atoms. The number of aliphatic carboxylic acids is 1. The summed E-state index contributed by atoms with van der Waals surface area (Å²) in [6.07, 6.45) is 5.64. The zero-order valence-electron chi connectivity index (χ0n) is 7.62. The second kappa shape index (κ2) is 4.08. The van der Waals surface area contributed by atoms with Gasteiger partial charge in [-0.05, 0) is 18.4 Å². The molecule has 1 aliphatic rings. The van der Waals surface area contributed by atoms with Gasteiger partial charge in [0.1, 0.15) is 0 Å². The number of carboxylic acids is 1. The lowest BCUT2D eigenvalue weighted by atomic mass is 9.83. The first-order valence-corrected chi connectivity index (χ1v) is 4.36. The summed E-state index contributed by atoms with van der Waals surface area (Å²) in [7, 11) is 0. The summed E-state index contributed by atoms with van der Waals surface area (Å²) in [5, 5.41) is 8.54. The number of carbonyl (C=O) groups is 1. The molecule has 0 aliphatic heterocycles. The lowest BCUT2D eigenvalue weighted by Crippen LogP contribution is -2.10. The summed E-state index contributed by atoms with van der Waals surface area (Å²) in [5.41, 5.74) is 2.06. The van der Waals surface area contributed by atoms with Crippen LogP contribution >= 0.6 is 0 Å². The van der Waals surface area contributed by atoms with Crippen molar-refractivity contribution in [3.63, 3.8) is 0 Å². The molecular weight excluding hydrogens is 164 g/mol. The van der Waals surface area contributed by atoms with Gasteiger partial charge in [-0.15, -0.1) is 0 Å². The molecule has 0 aromatic rings. The molecule has 1 unspecified atom stereocenters. The van der Waals surface area contributed by atoms with Gasteiger partial charge in [-0.3, -0.25) is 4.79 Å². The molecule has 0 heterocycles. The first-order valence-electron chi connectivity index (χ1n) is 4.36. The van der Waals surface area contributed by atoms with Gasteiger partial charge in [0.05, 0.1) is 0 Å². The summed E-state index contributed by atoms with van der Waals surface area (Å²) in [5.74, 6) is -0.587. The van der Waals surface area contributed by atoms with Gasteiger partial charge in [-0.25, -0.2) is 0 Å². The average molecular weight is 178 g/mol. The molecule has 0 aromatic heterocycles. The molecule has 0 saturated heterocycles. The van der Waals surface area contributed by atoms with Crippen LogP contribution in [0.15, 0.2) is 36.5 Å². The summed E-state index contributed by atoms with van der Waals surface area (Å²) in [6.45, 7) is 7.80. The highest BCUT2D eigenvalue weighted by Gasteiger charge is 2.17. The van der Waals surface area contributed by atoms with Crippen LogP contribution in [-0.4, -0.2) is 11.1 Å². The predicted molar refractivity (Wildman–Crippen MR) is 52.4 cm³/mol. The van der Waals surface area contributed by atoms with Gasteiger partial charge >= 0.3 is 5.97 Å². The molecule has 1 N–H and O–H groups in total. The molecule has 0 aromatic carbocycles. The lowest BCUT2D eigenvalue weighted by molar-refractivity contribution is -0.137. The normalized spacial score (nSPS) is 22.0. The van der Waals surface area contributed by atoms with Crippen molar-refractivity contribution in [1.29, 1.82) is 0 Å². The van der Waals surface area contributed by atoms with Gasteiger partial charge in [-0.2, -0.15) is 0 Å². The molecule has 0 spiro atoms. The van der Waals surface area contributed by atoms with E-state index >= 15 is 0 Å². The molecule has 2 heteroatoms. The van der Waals surface area contributed by atoms with Crippen molar-refractivity contribution >= 4 is 5.97 Å². The Kier molecular flexibility index (Phi) is 3.07. The van der Waals surface area contributed by atoms with Crippen LogP contribution in [0.1, 0.15) is 19.3 Å². The minimum Gasteiger partial charge on any atom is -0.481 e. The zero-order chi connectivity index (χ0) is 9.84. The molecule has 0 amide bonds. The van der Waals surface area contributed by atoms with E-state index in [1.165, 1.54) is 0 Å². The highest BCUT2D eigenvalue weighted by atomic mass is 16.4. The molecule has 1 atom stereocenters. The molecule has 0 radical (unpaired) electrons. The topological polar surface area (TPSA) is 37.3 Å². The van der Waals surface area contributed by atoms with E-state index in [9.17, 15) is 4.79 Å². The minimum atomic E-state index is -0.754. The summed E-state index contributed by atoms with van der Waals surface area (Å²) in [4.78, 5) is 10.4. The quantitative estimate of drug-likeness (QED) is 0.674. The lowest BCUT2D eigenvalue weighted by Gasteiger charge is -2.22. The van der Waals surface area contributed by atoms with Crippen molar-refractivity contribution < 1.29 is 9.90 Å². The maximum absolute atomic E-state index is 10.4. The zero-order valence-corrected chi connectivity index (χ0v) is 7.62. The Hall–Kier alpha value is -1.31. The monoisotopic (exact) mass is 178 g/mol. The maximum Gasteiger partial charge on any atom is 0.303 e. The van der Waals surface area contributed by atoms with Crippen molar-refractivity contribution in [2.24, 2.45) is 5.92 Å². The number of carboxylic acid groups (broad SMARTS) is 1. The molecule has 70 valence electrons. The summed E-state index contributed by atoms with van der Waals surface area (Å²) in [6, 6.07) is 0. The molecule has 0 saturated carbocycles. The van der Waals surface area contributed by atoms with Gasteiger partial charge in [0.15, 0.2) is 0 Å². The van der Waals surface area contributed by atoms with Crippen LogP contribution in [-0.2, 0) is 4.79 Å². The van der Waals surface area contributed by atoms with Crippen molar-refractivity contribution in [1.82, 2.24) is 0 Å². The minimum absolute atomic E-state index is 0.168. The molecule has 1 aliphatic carbocycles. The third kappa shape index (κ3) is 2.58. The van der Waals surface area contributed by atoms with Gasteiger partial charge in [0.25, 0.3) is 0 Å². The van der Waals surface area contributed by atoms with E-state index < -0.39 is 5.97 Å². The number of hydrogen-bond donors (Lipinski definition) is 1. The first-order chi connectivity index (χ1) is 6.11. The first kappa shape index (κ1) is 9.78. The number of hydrogen-bond acceptors (Lipinski definition) is 1. The highest BCUT2D eigenvalue weighted by molar-refractivity contribution is 5.66. The SMILES string of the molecule is C=C1C=CCC(=C)C1CCC(=O)O. The van der Waals surface area contributed by atoms with Crippen LogP contribution in [0.5, 0.6) is 0 Å². The van der Waals surface area contributed by atoms with Crippen molar-refractivity contribution in [2.45, 2.75) is 19.3 Å². The van der Waals surface area contributed by atoms with E-state index in [0.29, 0.717) is 6.42 Å². The largest absolute Gasteiger partial charge is 0.481 e. The fourth-order valence-corrected chi connectivity index (χ4v) is 1.54. The van der Waals surface area contributed by atoms with Gasteiger partial charge in [-0.1, -0.05) is 30.9 Å². The van der Waals surface area contributed by atoms with Crippen molar-refractivity contribution in [3.05, 3.63) is 36.5 Å². The Morgan fingerprint density at radius 3 is 2.85 bits per heavy atom. The molecular formula is C11H14O2. The van der Waals surface area contributed by atoms with E-state index in [1.807, 2.05) is 12.2 Å². The predicted octanol–water partition coefficient (Wildman–Crippen LogP) is 2.54. The van der Waals surface area contributed by atoms with Crippen LogP contribution in [0.25, 0.3) is 0 Å². The fraction of sp³-hybridized carbons (Fsp3) is 0.364. The second-order valence-electron chi connectivity index (χ2n) is 3.32. The Bertz CT molecular complexity index is 274. The number of rotatable bonds is 3. The van der Waals surface area contributed by atoms with E-state index in [1.54, 1.807) is 0 Å². The van der Waals surface area contributed by atoms with Crippen molar-refractivity contribution in [2.75, 3.05) is 0 Å². The van der Waals surface area contributed by atoms with Crippen LogP contribution < -0.4 is 0 Å². The van der Waals surface area contributed by atoms with E-state index in [-0.39, 0.29) is 12.3 Å². The molecule has 0 fully saturated rings. The Labute approximate surface area is 78.3 Å². The van der Waals surface area contributed by atoms with Crippen LogP contribution in [0.2, 0.25) is 0 Å². The van der Waals surface area contributed by atoms with Crippen LogP contribution in [0, 0.1) is 5.92 Å². The summed E-state index contributed by atoms with van der Waals surface area (Å²) < 4.78 is 0. The van der Waals surface area contributed by atoms with E-state index in [2.05, 4.69) is 13.2 Å². The van der Waals surface area contributed by atoms with E-state index in [0.717, 1.165) is 17.6 Å². The Morgan fingerprint density at radius 2 is 2.31 bits per heavy atom. The smallest absolute Gasteiger partial charge is 0.303 e. The van der Waals surface area contributed by atoms with Crippen LogP contribution in [0.4, 0.5) is 0 Å². The molecule has 1 rings (SSSR count). The van der Waals surface area contributed by atoms with Crippen LogP contribution in [0.3, 0.4) is 0 Å². The van der Waals surface area contributed by atoms with Gasteiger partial charge in [0.2, 0.25) is 0 Å². The summed E-state index contributed by atoms with van der Waals surface area (Å²) >= 11 is 0.